The Morgan fingerprint density at radius 3 is 1.20 bits per heavy atom. The maximum absolute atomic E-state index is 5.91. The summed E-state index contributed by atoms with van der Waals surface area (Å²) in [6, 6.07) is -0.00908. The molecule has 0 heterocycles. The van der Waals surface area contributed by atoms with E-state index in [0.717, 1.165) is 26.1 Å². The van der Waals surface area contributed by atoms with Gasteiger partial charge in [0.05, 0.1) is 78.2 Å². The molecule has 0 saturated carbocycles. The zero-order valence-electron chi connectivity index (χ0n) is 32.0. The third kappa shape index (κ3) is 30.3. The first-order valence-electron chi connectivity index (χ1n) is 18.8. The van der Waals surface area contributed by atoms with Crippen molar-refractivity contribution in [2.45, 2.75) is 117 Å². The molecule has 6 unspecified atom stereocenters. The van der Waals surface area contributed by atoms with Crippen LogP contribution in [0.4, 0.5) is 0 Å². The summed E-state index contributed by atoms with van der Waals surface area (Å²) in [7, 11) is 0. The average Bonchev–Trinajstić information content (AvgIpc) is 3.10. The van der Waals surface area contributed by atoms with Crippen molar-refractivity contribution in [1.29, 1.82) is 0 Å². The Labute approximate surface area is 327 Å². The Balaban J connectivity index is 3.80. The van der Waals surface area contributed by atoms with E-state index in [-0.39, 0.29) is 24.3 Å². The number of rotatable bonds is 35. The summed E-state index contributed by atoms with van der Waals surface area (Å²) >= 11 is 19.5. The van der Waals surface area contributed by atoms with Gasteiger partial charge >= 0.3 is 0 Å². The molecule has 50 heavy (non-hydrogen) atoms. The topological polar surface area (TPSA) is 97.9 Å². The molecule has 0 aromatic carbocycles. The van der Waals surface area contributed by atoms with Crippen molar-refractivity contribution in [3.05, 3.63) is 0 Å². The van der Waals surface area contributed by atoms with Crippen molar-refractivity contribution in [1.82, 2.24) is 10.6 Å². The van der Waals surface area contributed by atoms with E-state index in [1.165, 1.54) is 38.5 Å². The molecule has 0 bridgehead atoms. The fourth-order valence-electron chi connectivity index (χ4n) is 4.71. The fourth-order valence-corrected chi connectivity index (χ4v) is 5.75. The molecule has 14 heteroatoms. The van der Waals surface area contributed by atoms with Crippen molar-refractivity contribution in [3.8, 4) is 0 Å². The molecule has 0 aliphatic heterocycles. The maximum Gasteiger partial charge on any atom is 0.257 e. The van der Waals surface area contributed by atoms with E-state index in [1.807, 2.05) is 13.8 Å². The van der Waals surface area contributed by atoms with E-state index in [0.29, 0.717) is 99.8 Å². The Bertz CT molecular complexity index is 730. The first-order valence-corrected chi connectivity index (χ1v) is 20.9. The van der Waals surface area contributed by atoms with Gasteiger partial charge in [0.15, 0.2) is 0 Å². The Hall–Kier alpha value is -0.160. The van der Waals surface area contributed by atoms with Crippen LogP contribution in [0.3, 0.4) is 0 Å². The van der Waals surface area contributed by atoms with E-state index < -0.39 is 0 Å². The molecule has 0 amide bonds. The maximum atomic E-state index is 5.91. The third-order valence-electron chi connectivity index (χ3n) is 7.94. The Morgan fingerprint density at radius 2 is 0.880 bits per heavy atom. The summed E-state index contributed by atoms with van der Waals surface area (Å²) in [6.07, 6.45) is 9.15. The SMILES string of the molecule is CCCCC(CC)COCC(CS)OC(=S)NC(C)COCCOCCOCCOCC(C)NC(=S)OC(CS)COCC(CC)CCCC. The number of thiocarbonyl (C=S) groups is 2. The van der Waals surface area contributed by atoms with Gasteiger partial charge in [0.25, 0.3) is 10.3 Å². The van der Waals surface area contributed by atoms with E-state index in [9.17, 15) is 0 Å². The molecule has 0 saturated heterocycles. The Morgan fingerprint density at radius 1 is 0.520 bits per heavy atom. The predicted molar refractivity (Wildman–Crippen MR) is 219 cm³/mol. The van der Waals surface area contributed by atoms with Crippen LogP contribution in [-0.4, -0.2) is 125 Å². The quantitative estimate of drug-likeness (QED) is 0.0314. The van der Waals surface area contributed by atoms with Crippen LogP contribution in [0.2, 0.25) is 0 Å². The van der Waals surface area contributed by atoms with Crippen LogP contribution in [0, 0.1) is 11.8 Å². The summed E-state index contributed by atoms with van der Waals surface area (Å²) in [5.41, 5.74) is 0. The minimum absolute atomic E-state index is 0.00454. The highest BCUT2D eigenvalue weighted by Gasteiger charge is 2.16. The zero-order chi connectivity index (χ0) is 37.2. The highest BCUT2D eigenvalue weighted by Crippen LogP contribution is 2.14. The van der Waals surface area contributed by atoms with Crippen LogP contribution in [0.25, 0.3) is 0 Å². The van der Waals surface area contributed by atoms with E-state index in [2.05, 4.69) is 63.6 Å². The summed E-state index contributed by atoms with van der Waals surface area (Å²) in [5, 5.41) is 6.98. The fraction of sp³-hybridized carbons (Fsp3) is 0.944. The van der Waals surface area contributed by atoms with Crippen molar-refractivity contribution in [3.63, 3.8) is 0 Å². The molecule has 2 N–H and O–H groups in total. The van der Waals surface area contributed by atoms with E-state index >= 15 is 0 Å². The summed E-state index contributed by atoms with van der Waals surface area (Å²) < 4.78 is 46.1. The molecule has 298 valence electrons. The van der Waals surface area contributed by atoms with Gasteiger partial charge in [0.1, 0.15) is 12.2 Å². The average molecular weight is 789 g/mol. The molecule has 6 atom stereocenters. The second kappa shape index (κ2) is 35.8. The number of nitrogens with one attached hydrogen (secondary N) is 2. The van der Waals surface area contributed by atoms with Crippen LogP contribution in [0.5, 0.6) is 0 Å². The third-order valence-corrected chi connectivity index (χ3v) is 9.18. The normalized spacial score (nSPS) is 15.1. The van der Waals surface area contributed by atoms with Gasteiger partial charge in [-0.1, -0.05) is 66.2 Å². The Kier molecular flexibility index (Phi) is 35.7. The van der Waals surface area contributed by atoms with Crippen molar-refractivity contribution in [2.75, 3.05) is 90.8 Å². The number of ether oxygens (including phenoxy) is 8. The monoisotopic (exact) mass is 788 g/mol. The van der Waals surface area contributed by atoms with Crippen molar-refractivity contribution < 1.29 is 37.9 Å². The van der Waals surface area contributed by atoms with Crippen molar-refractivity contribution >= 4 is 60.0 Å². The molecule has 0 radical (unpaired) electrons. The lowest BCUT2D eigenvalue weighted by Gasteiger charge is -2.22. The van der Waals surface area contributed by atoms with Crippen LogP contribution in [0.15, 0.2) is 0 Å². The van der Waals surface area contributed by atoms with E-state index in [1.54, 1.807) is 0 Å². The number of thiol groups is 2. The zero-order valence-corrected chi connectivity index (χ0v) is 35.4. The van der Waals surface area contributed by atoms with Gasteiger partial charge in [-0.15, -0.1) is 0 Å². The smallest absolute Gasteiger partial charge is 0.257 e. The molecular formula is C36H72N2O8S4. The second-order valence-corrected chi connectivity index (χ2v) is 14.3. The molecule has 0 spiro atoms. The molecular weight excluding hydrogens is 717 g/mol. The molecule has 0 aliphatic carbocycles. The summed E-state index contributed by atoms with van der Waals surface area (Å²) in [6.45, 7) is 19.1. The van der Waals surface area contributed by atoms with Gasteiger partial charge < -0.3 is 48.5 Å². The molecule has 0 aromatic rings. The van der Waals surface area contributed by atoms with Crippen molar-refractivity contribution in [2.24, 2.45) is 11.8 Å². The highest BCUT2D eigenvalue weighted by molar-refractivity contribution is 7.80. The van der Waals surface area contributed by atoms with Gasteiger partial charge in [-0.05, 0) is 63.0 Å². The van der Waals surface area contributed by atoms with E-state index in [4.69, 9.17) is 62.3 Å². The van der Waals surface area contributed by atoms with Gasteiger partial charge in [0.2, 0.25) is 0 Å². The molecule has 0 aromatic heterocycles. The standard InChI is InChI=1S/C36H72N2O8S4/c1-7-11-13-31(9-3)23-43-25-33(27-47)45-35(49)37-29(5)21-41-19-17-39-15-16-40-18-20-42-22-30(6)38-36(50)46-34(28-48)26-44-24-32(10-4)14-12-8-2/h29-34,47-48H,7-28H2,1-6H3,(H,37,49)(H,38,50). The molecule has 0 aliphatic rings. The number of hydrogen-bond donors (Lipinski definition) is 4. The van der Waals surface area contributed by atoms with Gasteiger partial charge in [-0.2, -0.15) is 25.3 Å². The van der Waals surface area contributed by atoms with Gasteiger partial charge in [-0.25, -0.2) is 0 Å². The van der Waals surface area contributed by atoms with Crippen LogP contribution < -0.4 is 10.6 Å². The largest absolute Gasteiger partial charge is 0.464 e. The first-order chi connectivity index (χ1) is 24.2. The van der Waals surface area contributed by atoms with Gasteiger partial charge in [0, 0.05) is 24.7 Å². The second-order valence-electron chi connectivity index (χ2n) is 12.8. The van der Waals surface area contributed by atoms with Gasteiger partial charge in [-0.3, -0.25) is 0 Å². The highest BCUT2D eigenvalue weighted by atomic mass is 32.1. The molecule has 0 rings (SSSR count). The van der Waals surface area contributed by atoms with Crippen LogP contribution >= 0.6 is 49.7 Å². The number of hydrogen-bond acceptors (Lipinski definition) is 12. The predicted octanol–water partition coefficient (Wildman–Crippen LogP) is 6.67. The summed E-state index contributed by atoms with van der Waals surface area (Å²) in [5.74, 6) is 2.24. The van der Waals surface area contributed by atoms with Crippen LogP contribution in [-0.2, 0) is 37.9 Å². The summed E-state index contributed by atoms with van der Waals surface area (Å²) in [4.78, 5) is 0. The van der Waals surface area contributed by atoms with Crippen LogP contribution in [0.1, 0.15) is 92.9 Å². The first kappa shape index (κ1) is 49.8. The molecule has 0 fully saturated rings. The lowest BCUT2D eigenvalue weighted by Crippen LogP contribution is -2.39. The number of unbranched alkanes of at least 4 members (excludes halogenated alkanes) is 2. The molecule has 10 nitrogen and oxygen atoms in total. The lowest BCUT2D eigenvalue weighted by atomic mass is 10.0. The minimum atomic E-state index is -0.192. The lowest BCUT2D eigenvalue weighted by molar-refractivity contribution is -0.00507. The minimum Gasteiger partial charge on any atom is -0.464 e.